The molecule has 184 valence electrons. The molecule has 36 heavy (non-hydrogen) atoms. The van der Waals surface area contributed by atoms with E-state index in [2.05, 4.69) is 10.1 Å². The highest BCUT2D eigenvalue weighted by Crippen LogP contribution is 2.44. The first-order chi connectivity index (χ1) is 17.0. The molecule has 0 amide bonds. The van der Waals surface area contributed by atoms with E-state index >= 15 is 0 Å². The molecule has 0 bridgehead atoms. The molecular formula is C27H25ClN4O3S. The molecule has 1 atom stereocenters. The second kappa shape index (κ2) is 8.96. The summed E-state index contributed by atoms with van der Waals surface area (Å²) >= 11 is 7.68. The van der Waals surface area contributed by atoms with Crippen molar-refractivity contribution in [3.05, 3.63) is 64.9 Å². The van der Waals surface area contributed by atoms with E-state index in [1.807, 2.05) is 59.0 Å². The summed E-state index contributed by atoms with van der Waals surface area (Å²) in [7, 11) is 1.88. The van der Waals surface area contributed by atoms with Crippen LogP contribution in [0.25, 0.3) is 42.9 Å². The summed E-state index contributed by atoms with van der Waals surface area (Å²) in [5.74, 6) is -1.04. The summed E-state index contributed by atoms with van der Waals surface area (Å²) in [5.41, 5.74) is 5.75. The van der Waals surface area contributed by atoms with Crippen LogP contribution in [0.3, 0.4) is 0 Å². The predicted octanol–water partition coefficient (Wildman–Crippen LogP) is 6.81. The maximum atomic E-state index is 12.5. The normalized spacial score (nSPS) is 12.9. The predicted molar refractivity (Wildman–Crippen MR) is 144 cm³/mol. The summed E-state index contributed by atoms with van der Waals surface area (Å²) in [5, 5.41) is 15.9. The molecule has 3 heterocycles. The van der Waals surface area contributed by atoms with Gasteiger partial charge in [0.25, 0.3) is 0 Å². The number of ether oxygens (including phenoxy) is 1. The molecule has 7 nitrogen and oxygen atoms in total. The lowest BCUT2D eigenvalue weighted by Gasteiger charge is -2.28. The highest BCUT2D eigenvalue weighted by molar-refractivity contribution is 7.22. The van der Waals surface area contributed by atoms with Crippen molar-refractivity contribution in [2.75, 3.05) is 0 Å². The average Bonchev–Trinajstić information content (AvgIpc) is 3.40. The molecule has 0 aliphatic heterocycles. The van der Waals surface area contributed by atoms with Crippen molar-refractivity contribution in [3.63, 3.8) is 0 Å². The van der Waals surface area contributed by atoms with Gasteiger partial charge in [-0.1, -0.05) is 23.7 Å². The molecule has 2 aromatic carbocycles. The topological polar surface area (TPSA) is 90.1 Å². The van der Waals surface area contributed by atoms with E-state index in [0.717, 1.165) is 48.5 Å². The highest BCUT2D eigenvalue weighted by Gasteiger charge is 2.32. The average molecular weight is 521 g/mol. The molecule has 0 saturated heterocycles. The second-order valence-corrected chi connectivity index (χ2v) is 11.1. The number of thiazole rings is 1. The van der Waals surface area contributed by atoms with E-state index in [-0.39, 0.29) is 0 Å². The number of pyridine rings is 1. The van der Waals surface area contributed by atoms with Crippen LogP contribution in [-0.2, 0) is 16.6 Å². The van der Waals surface area contributed by atoms with Gasteiger partial charge in [-0.25, -0.2) is 9.78 Å². The fourth-order valence-corrected chi connectivity index (χ4v) is 5.54. The van der Waals surface area contributed by atoms with Gasteiger partial charge >= 0.3 is 5.97 Å². The molecule has 0 saturated carbocycles. The molecule has 0 fully saturated rings. The zero-order valence-electron chi connectivity index (χ0n) is 20.5. The Bertz CT molecular complexity index is 1620. The van der Waals surface area contributed by atoms with Crippen LogP contribution in [-0.4, -0.2) is 36.4 Å². The Hall–Kier alpha value is -3.33. The van der Waals surface area contributed by atoms with Gasteiger partial charge in [-0.2, -0.15) is 5.10 Å². The molecule has 3 aromatic heterocycles. The number of aliphatic carboxylic acids is 1. The molecule has 1 N–H and O–H groups in total. The zero-order valence-corrected chi connectivity index (χ0v) is 22.1. The minimum Gasteiger partial charge on any atom is -0.479 e. The van der Waals surface area contributed by atoms with Gasteiger partial charge in [0.2, 0.25) is 0 Å². The molecule has 0 spiro atoms. The monoisotopic (exact) mass is 520 g/mol. The minimum absolute atomic E-state index is 0.602. The number of carboxylic acid groups (broad SMARTS) is 1. The number of carboxylic acids is 1. The van der Waals surface area contributed by atoms with Crippen LogP contribution in [0.5, 0.6) is 0 Å². The standard InChI is InChI=1S/C27H25ClN4O3S/c1-14-10-18-24(36-25(31-18)16-11-20-19(29-12-16)13-30-32(20)5)22(15-6-8-17(28)9-7-15)21(14)23(26(33)34)35-27(2,3)4/h6-13,23H,1-5H3,(H,33,34)/t23-/m0/s1. The van der Waals surface area contributed by atoms with E-state index in [9.17, 15) is 9.90 Å². The number of aromatic nitrogens is 4. The van der Waals surface area contributed by atoms with Crippen molar-refractivity contribution in [1.29, 1.82) is 0 Å². The van der Waals surface area contributed by atoms with Gasteiger partial charge in [0, 0.05) is 35.0 Å². The van der Waals surface area contributed by atoms with Gasteiger partial charge in [-0.3, -0.25) is 9.67 Å². The Labute approximate surface area is 217 Å². The van der Waals surface area contributed by atoms with E-state index in [0.29, 0.717) is 10.6 Å². The number of fused-ring (bicyclic) bond motifs is 2. The summed E-state index contributed by atoms with van der Waals surface area (Å²) in [6.45, 7) is 7.46. The molecule has 5 aromatic rings. The van der Waals surface area contributed by atoms with E-state index < -0.39 is 17.7 Å². The number of carbonyl (C=O) groups is 1. The summed E-state index contributed by atoms with van der Waals surface area (Å²) < 4.78 is 8.74. The zero-order chi connectivity index (χ0) is 25.8. The van der Waals surface area contributed by atoms with Crippen LogP contribution in [0.15, 0.2) is 48.8 Å². The van der Waals surface area contributed by atoms with Gasteiger partial charge in [0.05, 0.1) is 27.5 Å². The Balaban J connectivity index is 1.79. The fourth-order valence-electron chi connectivity index (χ4n) is 4.30. The number of rotatable bonds is 5. The lowest BCUT2D eigenvalue weighted by atomic mass is 9.91. The molecule has 0 aliphatic carbocycles. The number of halogens is 1. The molecule has 0 radical (unpaired) electrons. The first-order valence-corrected chi connectivity index (χ1v) is 12.6. The molecule has 5 rings (SSSR count). The van der Waals surface area contributed by atoms with E-state index in [1.165, 1.54) is 11.3 Å². The van der Waals surface area contributed by atoms with Gasteiger partial charge < -0.3 is 9.84 Å². The minimum atomic E-state index is -1.15. The van der Waals surface area contributed by atoms with Gasteiger partial charge in [-0.05, 0) is 63.1 Å². The van der Waals surface area contributed by atoms with Crippen molar-refractivity contribution in [2.45, 2.75) is 39.4 Å². The number of hydrogen-bond donors (Lipinski definition) is 1. The quantitative estimate of drug-likeness (QED) is 0.273. The lowest BCUT2D eigenvalue weighted by Crippen LogP contribution is -2.28. The molecule has 9 heteroatoms. The van der Waals surface area contributed by atoms with Gasteiger partial charge in [-0.15, -0.1) is 11.3 Å². The number of aryl methyl sites for hydroxylation is 2. The van der Waals surface area contributed by atoms with Crippen molar-refractivity contribution in [3.8, 4) is 21.7 Å². The van der Waals surface area contributed by atoms with Crippen LogP contribution in [0.1, 0.15) is 38.0 Å². The van der Waals surface area contributed by atoms with Crippen LogP contribution in [0.4, 0.5) is 0 Å². The number of nitrogens with zero attached hydrogens (tertiary/aromatic N) is 4. The van der Waals surface area contributed by atoms with Gasteiger partial charge in [0.15, 0.2) is 6.10 Å². The number of benzene rings is 2. The maximum Gasteiger partial charge on any atom is 0.337 e. The van der Waals surface area contributed by atoms with Crippen LogP contribution < -0.4 is 0 Å². The van der Waals surface area contributed by atoms with Crippen LogP contribution in [0.2, 0.25) is 5.02 Å². The summed E-state index contributed by atoms with van der Waals surface area (Å²) in [6, 6.07) is 11.4. The van der Waals surface area contributed by atoms with Gasteiger partial charge in [0.1, 0.15) is 10.5 Å². The van der Waals surface area contributed by atoms with Crippen molar-refractivity contribution < 1.29 is 14.6 Å². The smallest absolute Gasteiger partial charge is 0.337 e. The molecular weight excluding hydrogens is 496 g/mol. The maximum absolute atomic E-state index is 12.5. The fraction of sp³-hybridized carbons (Fsp3) is 0.259. The first kappa shape index (κ1) is 24.4. The third-order valence-corrected chi connectivity index (χ3v) is 7.25. The Kier molecular flexibility index (Phi) is 6.06. The third kappa shape index (κ3) is 4.48. The SMILES string of the molecule is Cc1cc2nc(-c3cnc4cnn(C)c4c3)sc2c(-c2ccc(Cl)cc2)c1[C@H](OC(C)(C)C)C(=O)O. The van der Waals surface area contributed by atoms with Crippen molar-refractivity contribution in [2.24, 2.45) is 7.05 Å². The third-order valence-electron chi connectivity index (χ3n) is 5.86. The molecule has 0 aliphatic rings. The number of hydrogen-bond acceptors (Lipinski definition) is 6. The second-order valence-electron chi connectivity index (χ2n) is 9.70. The summed E-state index contributed by atoms with van der Waals surface area (Å²) in [4.78, 5) is 21.9. The van der Waals surface area contributed by atoms with E-state index in [4.69, 9.17) is 21.3 Å². The highest BCUT2D eigenvalue weighted by atomic mass is 35.5. The van der Waals surface area contributed by atoms with Crippen molar-refractivity contribution >= 4 is 50.2 Å². The van der Waals surface area contributed by atoms with E-state index in [1.54, 1.807) is 29.2 Å². The van der Waals surface area contributed by atoms with Crippen LogP contribution >= 0.6 is 22.9 Å². The Morgan fingerprint density at radius 2 is 1.83 bits per heavy atom. The lowest BCUT2D eigenvalue weighted by molar-refractivity contribution is -0.160. The Morgan fingerprint density at radius 1 is 1.11 bits per heavy atom. The Morgan fingerprint density at radius 3 is 2.50 bits per heavy atom. The largest absolute Gasteiger partial charge is 0.479 e. The van der Waals surface area contributed by atoms with Crippen molar-refractivity contribution in [1.82, 2.24) is 19.7 Å². The molecule has 0 unspecified atom stereocenters. The summed E-state index contributed by atoms with van der Waals surface area (Å²) in [6.07, 6.45) is 2.37. The van der Waals surface area contributed by atoms with Crippen LogP contribution in [0, 0.1) is 6.92 Å². The first-order valence-electron chi connectivity index (χ1n) is 11.4.